The minimum atomic E-state index is -0.795. The maximum absolute atomic E-state index is 8.75. The van der Waals surface area contributed by atoms with E-state index in [2.05, 4.69) is 17.0 Å². The third-order valence-electron chi connectivity index (χ3n) is 1.07. The highest BCUT2D eigenvalue weighted by molar-refractivity contribution is 4.41. The molecule has 0 aliphatic rings. The molecule has 1 atom stereocenters. The molecule has 56 valence electrons. The zero-order valence-electron chi connectivity index (χ0n) is 6.05. The van der Waals surface area contributed by atoms with Gasteiger partial charge in [0.05, 0.1) is 0 Å². The number of aliphatic hydroxyl groups is 1. The van der Waals surface area contributed by atoms with Crippen molar-refractivity contribution in [3.8, 4) is 0 Å². The van der Waals surface area contributed by atoms with Crippen LogP contribution >= 0.6 is 0 Å². The number of methoxy groups -OCH3 is 1. The summed E-state index contributed by atoms with van der Waals surface area (Å²) in [5.74, 6) is 0. The normalized spacial score (nSPS) is 13.7. The van der Waals surface area contributed by atoms with E-state index in [1.807, 2.05) is 0 Å². The first-order valence-corrected chi connectivity index (χ1v) is 3.25. The van der Waals surface area contributed by atoms with Gasteiger partial charge in [0, 0.05) is 7.11 Å². The average molecular weight is 133 g/mol. The molecule has 0 rings (SSSR count). The fourth-order valence-electron chi connectivity index (χ4n) is 0.486. The SMILES string of the molecule is CCCCNC(O)OC. The number of hydrogen-bond donors (Lipinski definition) is 2. The number of aliphatic hydroxyl groups excluding tert-OH is 1. The van der Waals surface area contributed by atoms with E-state index in [0.717, 1.165) is 19.4 Å². The monoisotopic (exact) mass is 133 g/mol. The maximum atomic E-state index is 8.75. The lowest BCUT2D eigenvalue weighted by Crippen LogP contribution is -2.30. The molecule has 0 aliphatic heterocycles. The molecule has 2 N–H and O–H groups in total. The Hall–Kier alpha value is -0.120. The van der Waals surface area contributed by atoms with Crippen LogP contribution in [0.3, 0.4) is 0 Å². The van der Waals surface area contributed by atoms with Crippen molar-refractivity contribution < 1.29 is 9.84 Å². The van der Waals surface area contributed by atoms with Gasteiger partial charge in [0.25, 0.3) is 0 Å². The molecule has 3 heteroatoms. The molecule has 0 heterocycles. The fraction of sp³-hybridized carbons (Fsp3) is 1.00. The number of rotatable bonds is 5. The van der Waals surface area contributed by atoms with Crippen LogP contribution in [0.15, 0.2) is 0 Å². The van der Waals surface area contributed by atoms with Crippen LogP contribution in [0.2, 0.25) is 0 Å². The van der Waals surface area contributed by atoms with Gasteiger partial charge in [-0.25, -0.2) is 0 Å². The molecule has 0 fully saturated rings. The van der Waals surface area contributed by atoms with Crippen molar-refractivity contribution in [1.29, 1.82) is 0 Å². The van der Waals surface area contributed by atoms with E-state index < -0.39 is 6.41 Å². The van der Waals surface area contributed by atoms with Gasteiger partial charge in [-0.3, -0.25) is 5.32 Å². The molecule has 0 aromatic rings. The summed E-state index contributed by atoms with van der Waals surface area (Å²) in [4.78, 5) is 0. The number of unbranched alkanes of at least 4 members (excludes halogenated alkanes) is 1. The topological polar surface area (TPSA) is 41.5 Å². The largest absolute Gasteiger partial charge is 0.356 e. The van der Waals surface area contributed by atoms with Crippen molar-refractivity contribution in [1.82, 2.24) is 5.32 Å². The number of ether oxygens (including phenoxy) is 1. The summed E-state index contributed by atoms with van der Waals surface area (Å²) in [6.45, 7) is 2.91. The van der Waals surface area contributed by atoms with Gasteiger partial charge in [0.15, 0.2) is 0 Å². The van der Waals surface area contributed by atoms with Crippen LogP contribution in [0.1, 0.15) is 19.8 Å². The second-order valence-corrected chi connectivity index (χ2v) is 1.90. The summed E-state index contributed by atoms with van der Waals surface area (Å²) in [6.07, 6.45) is 1.40. The zero-order valence-corrected chi connectivity index (χ0v) is 6.05. The van der Waals surface area contributed by atoms with Crippen LogP contribution in [-0.4, -0.2) is 25.2 Å². The van der Waals surface area contributed by atoms with E-state index >= 15 is 0 Å². The first kappa shape index (κ1) is 8.88. The Kier molecular flexibility index (Phi) is 5.93. The molecule has 0 aromatic heterocycles. The Morgan fingerprint density at radius 3 is 2.78 bits per heavy atom. The second-order valence-electron chi connectivity index (χ2n) is 1.90. The summed E-state index contributed by atoms with van der Waals surface area (Å²) >= 11 is 0. The standard InChI is InChI=1S/C6H15NO2/c1-3-4-5-7-6(8)9-2/h6-8H,3-5H2,1-2H3. The molecule has 0 saturated carbocycles. The smallest absolute Gasteiger partial charge is 0.213 e. The lowest BCUT2D eigenvalue weighted by Gasteiger charge is -2.08. The van der Waals surface area contributed by atoms with Gasteiger partial charge in [-0.2, -0.15) is 0 Å². The third-order valence-corrected chi connectivity index (χ3v) is 1.07. The highest BCUT2D eigenvalue weighted by Gasteiger charge is 1.95. The summed E-state index contributed by atoms with van der Waals surface area (Å²) in [7, 11) is 1.46. The van der Waals surface area contributed by atoms with E-state index in [9.17, 15) is 0 Å². The molecule has 0 aliphatic carbocycles. The predicted molar refractivity (Wildman–Crippen MR) is 35.9 cm³/mol. The van der Waals surface area contributed by atoms with E-state index in [0.29, 0.717) is 0 Å². The first-order valence-electron chi connectivity index (χ1n) is 3.25. The first-order chi connectivity index (χ1) is 4.31. The van der Waals surface area contributed by atoms with E-state index in [-0.39, 0.29) is 0 Å². The summed E-state index contributed by atoms with van der Waals surface area (Å²) in [5.41, 5.74) is 0. The maximum Gasteiger partial charge on any atom is 0.213 e. The highest BCUT2D eigenvalue weighted by Crippen LogP contribution is 1.83. The Bertz CT molecular complexity index is 59.0. The lowest BCUT2D eigenvalue weighted by atomic mass is 10.3. The van der Waals surface area contributed by atoms with Crippen LogP contribution < -0.4 is 5.32 Å². The molecule has 0 spiro atoms. The van der Waals surface area contributed by atoms with Crippen LogP contribution in [0.25, 0.3) is 0 Å². The Balaban J connectivity index is 2.88. The average Bonchev–Trinajstić information content (AvgIpc) is 1.89. The second kappa shape index (κ2) is 6.01. The van der Waals surface area contributed by atoms with Gasteiger partial charge in [-0.15, -0.1) is 0 Å². The minimum Gasteiger partial charge on any atom is -0.356 e. The van der Waals surface area contributed by atoms with Crippen LogP contribution in [0.4, 0.5) is 0 Å². The van der Waals surface area contributed by atoms with Crippen LogP contribution in [0, 0.1) is 0 Å². The predicted octanol–water partition coefficient (Wildman–Crippen LogP) is 0.298. The Morgan fingerprint density at radius 2 is 2.33 bits per heavy atom. The van der Waals surface area contributed by atoms with E-state index in [4.69, 9.17) is 5.11 Å². The fourth-order valence-corrected chi connectivity index (χ4v) is 0.486. The highest BCUT2D eigenvalue weighted by atomic mass is 16.6. The summed E-state index contributed by atoms with van der Waals surface area (Å²) in [5, 5.41) is 11.5. The molecule has 9 heavy (non-hydrogen) atoms. The van der Waals surface area contributed by atoms with Gasteiger partial charge >= 0.3 is 0 Å². The molecular formula is C6H15NO2. The van der Waals surface area contributed by atoms with Crippen molar-refractivity contribution in [2.24, 2.45) is 0 Å². The zero-order chi connectivity index (χ0) is 7.11. The molecule has 1 unspecified atom stereocenters. The van der Waals surface area contributed by atoms with Gasteiger partial charge < -0.3 is 9.84 Å². The molecule has 0 bridgehead atoms. The molecule has 0 aromatic carbocycles. The third kappa shape index (κ3) is 5.76. The lowest BCUT2D eigenvalue weighted by molar-refractivity contribution is -0.0963. The van der Waals surface area contributed by atoms with E-state index in [1.54, 1.807) is 0 Å². The van der Waals surface area contributed by atoms with Gasteiger partial charge in [0.1, 0.15) is 0 Å². The van der Waals surface area contributed by atoms with Crippen LogP contribution in [-0.2, 0) is 4.74 Å². The van der Waals surface area contributed by atoms with Crippen molar-refractivity contribution in [2.75, 3.05) is 13.7 Å². The number of hydrogen-bond acceptors (Lipinski definition) is 3. The summed E-state index contributed by atoms with van der Waals surface area (Å²) < 4.78 is 4.54. The van der Waals surface area contributed by atoms with Gasteiger partial charge in [0.2, 0.25) is 6.41 Å². The summed E-state index contributed by atoms with van der Waals surface area (Å²) in [6, 6.07) is 0. The van der Waals surface area contributed by atoms with Crippen molar-refractivity contribution in [2.45, 2.75) is 26.2 Å². The van der Waals surface area contributed by atoms with Crippen molar-refractivity contribution in [3.63, 3.8) is 0 Å². The quantitative estimate of drug-likeness (QED) is 0.418. The molecule has 3 nitrogen and oxygen atoms in total. The van der Waals surface area contributed by atoms with Crippen molar-refractivity contribution in [3.05, 3.63) is 0 Å². The minimum absolute atomic E-state index is 0.795. The van der Waals surface area contributed by atoms with Gasteiger partial charge in [-0.05, 0) is 13.0 Å². The molecule has 0 saturated heterocycles. The molecular weight excluding hydrogens is 118 g/mol. The Morgan fingerprint density at radius 1 is 1.67 bits per heavy atom. The Labute approximate surface area is 56.0 Å². The number of nitrogens with one attached hydrogen (secondary N) is 1. The molecule has 0 amide bonds. The van der Waals surface area contributed by atoms with Crippen LogP contribution in [0.5, 0.6) is 0 Å². The van der Waals surface area contributed by atoms with Gasteiger partial charge in [-0.1, -0.05) is 13.3 Å². The molecule has 0 radical (unpaired) electrons. The van der Waals surface area contributed by atoms with Crippen molar-refractivity contribution >= 4 is 0 Å². The van der Waals surface area contributed by atoms with E-state index in [1.165, 1.54) is 7.11 Å².